The monoisotopic (exact) mass is 439 g/mol. The van der Waals surface area contributed by atoms with E-state index in [2.05, 4.69) is 15.9 Å². The molecule has 0 bridgehead atoms. The van der Waals surface area contributed by atoms with Gasteiger partial charge in [-0.2, -0.15) is 0 Å². The van der Waals surface area contributed by atoms with E-state index >= 15 is 0 Å². The van der Waals surface area contributed by atoms with Crippen molar-refractivity contribution >= 4 is 22.3 Å². The average Bonchev–Trinajstić information content (AvgIpc) is 3.00. The summed E-state index contributed by atoms with van der Waals surface area (Å²) in [4.78, 5) is 13.4. The van der Waals surface area contributed by atoms with Crippen molar-refractivity contribution in [3.05, 3.63) is 33.3 Å². The fourth-order valence-corrected chi connectivity index (χ4v) is 4.37. The number of carbonyl (C=O) groups excluding carboxylic acids is 1. The number of phenolic OH excluding ortho intramolecular Hbond substituents is 1. The first-order valence-corrected chi connectivity index (χ1v) is 9.93. The van der Waals surface area contributed by atoms with Gasteiger partial charge in [-0.3, -0.25) is 4.79 Å². The summed E-state index contributed by atoms with van der Waals surface area (Å²) >= 11 is 3.52. The molecule has 0 saturated carbocycles. The van der Waals surface area contributed by atoms with Gasteiger partial charge in [0.1, 0.15) is 0 Å². The maximum Gasteiger partial charge on any atom is 0.210 e. The first-order valence-electron chi connectivity index (χ1n) is 9.14. The molecule has 0 aromatic heterocycles. The number of ether oxygens (including phenoxy) is 3. The van der Waals surface area contributed by atoms with Gasteiger partial charge in [0, 0.05) is 29.5 Å². The second-order valence-electron chi connectivity index (χ2n) is 7.23. The normalized spacial score (nSPS) is 24.7. The van der Waals surface area contributed by atoms with Crippen LogP contribution in [0.25, 0.3) is 0 Å². The number of aromatic hydroxyl groups is 1. The van der Waals surface area contributed by atoms with E-state index in [1.807, 2.05) is 19.9 Å². The third-order valence-corrected chi connectivity index (χ3v) is 5.84. The summed E-state index contributed by atoms with van der Waals surface area (Å²) in [7, 11) is 1.51. The highest BCUT2D eigenvalue weighted by Gasteiger charge is 2.39. The predicted molar refractivity (Wildman–Crippen MR) is 105 cm³/mol. The van der Waals surface area contributed by atoms with Gasteiger partial charge >= 0.3 is 0 Å². The molecule has 1 N–H and O–H groups in total. The van der Waals surface area contributed by atoms with Crippen LogP contribution in [0.1, 0.15) is 37.3 Å². The van der Waals surface area contributed by atoms with Gasteiger partial charge in [0.15, 0.2) is 17.3 Å². The lowest BCUT2D eigenvalue weighted by Gasteiger charge is -2.31. The molecule has 0 radical (unpaired) electrons. The second kappa shape index (κ2) is 8.20. The smallest absolute Gasteiger partial charge is 0.210 e. The minimum Gasteiger partial charge on any atom is -0.504 e. The number of phenols is 1. The Morgan fingerprint density at radius 1 is 1.48 bits per heavy atom. The molecule has 1 amide bonds. The molecule has 1 heterocycles. The standard InChI is InChI=1S/C20H26BrNO5/c1-13-11-26-20(27-13)6-4-5-15(8-20)9-22(12-23)10-16-14(2)19(24)18(25-3)7-17(16)21/h7-8,12-13,24H,4-6,9-11H2,1-3H3. The van der Waals surface area contributed by atoms with Gasteiger partial charge in [0.2, 0.25) is 6.41 Å². The third kappa shape index (κ3) is 4.31. The zero-order valence-electron chi connectivity index (χ0n) is 16.0. The summed E-state index contributed by atoms with van der Waals surface area (Å²) in [6, 6.07) is 1.72. The van der Waals surface area contributed by atoms with Crippen molar-refractivity contribution < 1.29 is 24.1 Å². The number of methoxy groups -OCH3 is 1. The summed E-state index contributed by atoms with van der Waals surface area (Å²) < 4.78 is 17.8. The molecule has 1 aliphatic carbocycles. The lowest BCUT2D eigenvalue weighted by Crippen LogP contribution is -2.33. The summed E-state index contributed by atoms with van der Waals surface area (Å²) in [5, 5.41) is 10.3. The molecular weight excluding hydrogens is 414 g/mol. The van der Waals surface area contributed by atoms with E-state index < -0.39 is 5.79 Å². The van der Waals surface area contributed by atoms with Crippen molar-refractivity contribution in [1.82, 2.24) is 4.90 Å². The van der Waals surface area contributed by atoms with Crippen LogP contribution in [-0.4, -0.2) is 48.6 Å². The number of rotatable bonds is 6. The molecule has 2 unspecified atom stereocenters. The van der Waals surface area contributed by atoms with E-state index in [1.165, 1.54) is 7.11 Å². The fourth-order valence-electron chi connectivity index (χ4n) is 3.74. The highest BCUT2D eigenvalue weighted by Crippen LogP contribution is 2.38. The van der Waals surface area contributed by atoms with E-state index in [-0.39, 0.29) is 11.9 Å². The Morgan fingerprint density at radius 3 is 2.89 bits per heavy atom. The molecule has 1 saturated heterocycles. The van der Waals surface area contributed by atoms with E-state index in [0.717, 1.165) is 41.3 Å². The van der Waals surface area contributed by atoms with E-state index in [4.69, 9.17) is 14.2 Å². The summed E-state index contributed by atoms with van der Waals surface area (Å²) in [5.41, 5.74) is 2.68. The predicted octanol–water partition coefficient (Wildman–Crippen LogP) is 3.67. The number of nitrogens with zero attached hydrogens (tertiary/aromatic N) is 1. The van der Waals surface area contributed by atoms with E-state index in [1.54, 1.807) is 11.0 Å². The van der Waals surface area contributed by atoms with Gasteiger partial charge in [-0.1, -0.05) is 15.9 Å². The van der Waals surface area contributed by atoms with Gasteiger partial charge < -0.3 is 24.2 Å². The maximum atomic E-state index is 11.7. The third-order valence-electron chi connectivity index (χ3n) is 5.13. The number of hydrogen-bond donors (Lipinski definition) is 1. The molecule has 1 aromatic rings. The summed E-state index contributed by atoms with van der Waals surface area (Å²) in [5.74, 6) is -0.127. The Morgan fingerprint density at radius 2 is 2.26 bits per heavy atom. The van der Waals surface area contributed by atoms with Crippen LogP contribution in [0, 0.1) is 6.92 Å². The zero-order valence-corrected chi connectivity index (χ0v) is 17.5. The van der Waals surface area contributed by atoms with Crippen molar-refractivity contribution in [2.24, 2.45) is 0 Å². The van der Waals surface area contributed by atoms with Crippen LogP contribution in [0.4, 0.5) is 0 Å². The molecule has 1 aromatic carbocycles. The lowest BCUT2D eigenvalue weighted by molar-refractivity contribution is -0.136. The van der Waals surface area contributed by atoms with Crippen LogP contribution in [0.5, 0.6) is 11.5 Å². The Kier molecular flexibility index (Phi) is 6.13. The number of hydrogen-bond acceptors (Lipinski definition) is 5. The summed E-state index contributed by atoms with van der Waals surface area (Å²) in [6.45, 7) is 5.31. The minimum atomic E-state index is -0.629. The minimum absolute atomic E-state index is 0.0867. The van der Waals surface area contributed by atoms with Crippen molar-refractivity contribution in [3.63, 3.8) is 0 Å². The average molecular weight is 440 g/mol. The topological polar surface area (TPSA) is 68.2 Å². The van der Waals surface area contributed by atoms with Crippen molar-refractivity contribution in [3.8, 4) is 11.5 Å². The SMILES string of the molecule is COc1cc(Br)c(CN(C=O)CC2=CC3(CCC2)OCC(C)O3)c(C)c1O. The van der Waals surface area contributed by atoms with Crippen LogP contribution in [0.15, 0.2) is 22.2 Å². The van der Waals surface area contributed by atoms with Gasteiger partial charge in [0.25, 0.3) is 0 Å². The molecule has 148 valence electrons. The van der Waals surface area contributed by atoms with Gasteiger partial charge in [-0.15, -0.1) is 0 Å². The number of amides is 1. The molecule has 7 heteroatoms. The largest absolute Gasteiger partial charge is 0.504 e. The van der Waals surface area contributed by atoms with Crippen molar-refractivity contribution in [2.45, 2.75) is 51.5 Å². The Hall–Kier alpha value is -1.57. The van der Waals surface area contributed by atoms with Gasteiger partial charge in [-0.05, 0) is 50.0 Å². The molecule has 27 heavy (non-hydrogen) atoms. The molecule has 1 aliphatic heterocycles. The molecule has 1 spiro atoms. The van der Waals surface area contributed by atoms with Gasteiger partial charge in [0.05, 0.1) is 19.8 Å². The molecular formula is C20H26BrNO5. The number of benzene rings is 1. The Balaban J connectivity index is 1.77. The van der Waals surface area contributed by atoms with Crippen molar-refractivity contribution in [1.29, 1.82) is 0 Å². The molecule has 2 atom stereocenters. The molecule has 1 fully saturated rings. The maximum absolute atomic E-state index is 11.7. The number of halogens is 1. The van der Waals surface area contributed by atoms with Crippen LogP contribution in [0.3, 0.4) is 0 Å². The second-order valence-corrected chi connectivity index (χ2v) is 8.08. The van der Waals surface area contributed by atoms with Gasteiger partial charge in [-0.25, -0.2) is 0 Å². The molecule has 2 aliphatic rings. The first-order chi connectivity index (χ1) is 12.9. The number of carbonyl (C=O) groups is 1. The molecule has 3 rings (SSSR count). The van der Waals surface area contributed by atoms with Crippen molar-refractivity contribution in [2.75, 3.05) is 20.3 Å². The van der Waals surface area contributed by atoms with E-state index in [9.17, 15) is 9.90 Å². The fraction of sp³-hybridized carbons (Fsp3) is 0.550. The Labute approximate surface area is 168 Å². The highest BCUT2D eigenvalue weighted by molar-refractivity contribution is 9.10. The highest BCUT2D eigenvalue weighted by atomic mass is 79.9. The lowest BCUT2D eigenvalue weighted by atomic mass is 9.94. The van der Waals surface area contributed by atoms with E-state index in [0.29, 0.717) is 31.0 Å². The Bertz CT molecular complexity index is 750. The molecule has 6 nitrogen and oxygen atoms in total. The quantitative estimate of drug-likeness (QED) is 0.540. The first kappa shape index (κ1) is 20.2. The van der Waals surface area contributed by atoms with Crippen LogP contribution >= 0.6 is 15.9 Å². The summed E-state index contributed by atoms with van der Waals surface area (Å²) in [6.07, 6.45) is 5.71. The van der Waals surface area contributed by atoms with Crippen LogP contribution in [0.2, 0.25) is 0 Å². The zero-order chi connectivity index (χ0) is 19.6. The van der Waals surface area contributed by atoms with Crippen LogP contribution in [-0.2, 0) is 20.8 Å². The van der Waals surface area contributed by atoms with Crippen LogP contribution < -0.4 is 4.74 Å².